The normalized spacial score (nSPS) is 20.6. The molecule has 2 atom stereocenters. The van der Waals surface area contributed by atoms with Gasteiger partial charge in [-0.15, -0.1) is 0 Å². The summed E-state index contributed by atoms with van der Waals surface area (Å²) in [6.07, 6.45) is 0.713. The molecule has 1 fully saturated rings. The fraction of sp³-hybridized carbons (Fsp3) is 0.391. The molecule has 4 heterocycles. The molecule has 178 valence electrons. The number of hydrogen-bond acceptors (Lipinski definition) is 7. The fourth-order valence-corrected chi connectivity index (χ4v) is 4.35. The van der Waals surface area contributed by atoms with Gasteiger partial charge in [-0.2, -0.15) is 0 Å². The number of likely N-dealkylation sites (tertiary alicyclic amines) is 1. The van der Waals surface area contributed by atoms with Crippen LogP contribution in [-0.2, 0) is 17.9 Å². The molecule has 0 saturated carbocycles. The molecule has 34 heavy (non-hydrogen) atoms. The van der Waals surface area contributed by atoms with Gasteiger partial charge in [0.15, 0.2) is 18.2 Å². The molecule has 0 aliphatic carbocycles. The summed E-state index contributed by atoms with van der Waals surface area (Å²) in [5.41, 5.74) is 1.33. The van der Waals surface area contributed by atoms with Crippen molar-refractivity contribution in [3.63, 3.8) is 0 Å². The first kappa shape index (κ1) is 22.4. The molecule has 2 aliphatic rings. The Morgan fingerprint density at radius 3 is 2.94 bits per heavy atom. The van der Waals surface area contributed by atoms with Gasteiger partial charge in [-0.25, -0.2) is 18.7 Å². The summed E-state index contributed by atoms with van der Waals surface area (Å²) in [7, 11) is 0. The zero-order valence-corrected chi connectivity index (χ0v) is 18.3. The van der Waals surface area contributed by atoms with Crippen LogP contribution in [0.3, 0.4) is 0 Å². The van der Waals surface area contributed by atoms with Crippen LogP contribution in [0.2, 0.25) is 0 Å². The van der Waals surface area contributed by atoms with Crippen molar-refractivity contribution >= 4 is 22.8 Å². The van der Waals surface area contributed by atoms with E-state index in [4.69, 9.17) is 4.74 Å². The van der Waals surface area contributed by atoms with Crippen LogP contribution >= 0.6 is 0 Å². The van der Waals surface area contributed by atoms with Gasteiger partial charge < -0.3 is 19.9 Å². The number of rotatable bonds is 6. The van der Waals surface area contributed by atoms with Gasteiger partial charge in [-0.3, -0.25) is 14.5 Å². The number of fused-ring (bicyclic) bond motifs is 2. The molecule has 1 amide bonds. The lowest BCUT2D eigenvalue weighted by atomic mass is 10.0. The van der Waals surface area contributed by atoms with E-state index in [1.54, 1.807) is 12.1 Å². The molecule has 2 aromatic heterocycles. The number of hydrogen-bond donors (Lipinski definition) is 2. The topological polar surface area (TPSA) is 101 Å². The van der Waals surface area contributed by atoms with Crippen LogP contribution in [0.25, 0.3) is 11.0 Å². The molecule has 1 saturated heterocycles. The molecule has 11 heteroatoms. The Labute approximate surface area is 193 Å². The first-order valence-electron chi connectivity index (χ1n) is 11.1. The van der Waals surface area contributed by atoms with Crippen molar-refractivity contribution in [1.29, 1.82) is 0 Å². The molecular formula is C23H24F2N6O3. The molecule has 2 unspecified atom stereocenters. The second kappa shape index (κ2) is 9.43. The number of nitrogens with zero attached hydrogens (tertiary/aromatic N) is 4. The van der Waals surface area contributed by atoms with Crippen molar-refractivity contribution in [3.8, 4) is 5.75 Å². The quantitative estimate of drug-likeness (QED) is 0.563. The van der Waals surface area contributed by atoms with Crippen molar-refractivity contribution in [3.05, 3.63) is 58.4 Å². The van der Waals surface area contributed by atoms with Crippen LogP contribution < -0.4 is 20.9 Å². The number of piperidine rings is 1. The molecule has 3 aromatic rings. The van der Waals surface area contributed by atoms with Crippen molar-refractivity contribution in [2.24, 2.45) is 0 Å². The molecular weight excluding hydrogens is 446 g/mol. The van der Waals surface area contributed by atoms with E-state index >= 15 is 0 Å². The smallest absolute Gasteiger partial charge is 0.269 e. The lowest BCUT2D eigenvalue weighted by Crippen LogP contribution is -2.51. The first-order valence-corrected chi connectivity index (χ1v) is 11.1. The number of benzene rings is 1. The maximum Gasteiger partial charge on any atom is 0.269 e. The second-order valence-electron chi connectivity index (χ2n) is 8.46. The van der Waals surface area contributed by atoms with E-state index in [2.05, 4.69) is 20.6 Å². The lowest BCUT2D eigenvalue weighted by Gasteiger charge is -2.35. The minimum Gasteiger partial charge on any atom is -0.480 e. The number of anilines is 1. The highest BCUT2D eigenvalue weighted by molar-refractivity contribution is 5.94. The number of ether oxygens (including phenoxy) is 1. The molecule has 0 spiro atoms. The van der Waals surface area contributed by atoms with Crippen molar-refractivity contribution in [2.45, 2.75) is 31.7 Å². The maximum atomic E-state index is 14.9. The van der Waals surface area contributed by atoms with Crippen LogP contribution in [-0.4, -0.2) is 63.8 Å². The Morgan fingerprint density at radius 2 is 2.09 bits per heavy atom. The van der Waals surface area contributed by atoms with Gasteiger partial charge in [0.25, 0.3) is 11.5 Å². The zero-order chi connectivity index (χ0) is 23.7. The average molecular weight is 470 g/mol. The van der Waals surface area contributed by atoms with E-state index in [0.29, 0.717) is 60.9 Å². The largest absolute Gasteiger partial charge is 0.480 e. The zero-order valence-electron chi connectivity index (χ0n) is 18.3. The SMILES string of the molecule is O=C1COc2ccc(CNC3CCN(CCn4c(=O)cnc5ccc(F)cc54)CC3F)nc2N1. The summed E-state index contributed by atoms with van der Waals surface area (Å²) >= 11 is 0. The van der Waals surface area contributed by atoms with Gasteiger partial charge in [0.05, 0.1) is 22.9 Å². The number of nitrogens with one attached hydrogen (secondary N) is 2. The Balaban J connectivity index is 1.16. The summed E-state index contributed by atoms with van der Waals surface area (Å²) < 4.78 is 35.4. The van der Waals surface area contributed by atoms with Crippen LogP contribution in [0.1, 0.15) is 12.1 Å². The van der Waals surface area contributed by atoms with E-state index in [9.17, 15) is 18.4 Å². The van der Waals surface area contributed by atoms with Gasteiger partial charge in [0.1, 0.15) is 12.0 Å². The van der Waals surface area contributed by atoms with E-state index in [1.807, 2.05) is 4.90 Å². The van der Waals surface area contributed by atoms with Crippen LogP contribution in [0.15, 0.2) is 41.3 Å². The van der Waals surface area contributed by atoms with Crippen LogP contribution in [0.5, 0.6) is 5.75 Å². The van der Waals surface area contributed by atoms with Crippen LogP contribution in [0, 0.1) is 5.82 Å². The molecule has 1 aromatic carbocycles. The van der Waals surface area contributed by atoms with Crippen molar-refractivity contribution in [1.82, 2.24) is 24.8 Å². The monoisotopic (exact) mass is 470 g/mol. The molecule has 0 bridgehead atoms. The Morgan fingerprint density at radius 1 is 1.21 bits per heavy atom. The molecule has 0 radical (unpaired) electrons. The summed E-state index contributed by atoms with van der Waals surface area (Å²) in [6.45, 7) is 2.00. The highest BCUT2D eigenvalue weighted by Crippen LogP contribution is 2.25. The number of halogens is 2. The summed E-state index contributed by atoms with van der Waals surface area (Å²) in [5.74, 6) is 0.200. The number of carbonyl (C=O) groups is 1. The van der Waals surface area contributed by atoms with Crippen molar-refractivity contribution < 1.29 is 18.3 Å². The van der Waals surface area contributed by atoms with Gasteiger partial charge in [0.2, 0.25) is 0 Å². The van der Waals surface area contributed by atoms with Crippen LogP contribution in [0.4, 0.5) is 14.6 Å². The highest BCUT2D eigenvalue weighted by Gasteiger charge is 2.29. The minimum absolute atomic E-state index is 0.0305. The Bertz CT molecular complexity index is 1280. The summed E-state index contributed by atoms with van der Waals surface area (Å²) in [4.78, 5) is 34.2. The fourth-order valence-electron chi connectivity index (χ4n) is 4.35. The Kier molecular flexibility index (Phi) is 6.20. The third-order valence-corrected chi connectivity index (χ3v) is 6.15. The molecule has 2 aliphatic heterocycles. The number of pyridine rings is 1. The molecule has 9 nitrogen and oxygen atoms in total. The van der Waals surface area contributed by atoms with Gasteiger partial charge in [0, 0.05) is 32.2 Å². The lowest BCUT2D eigenvalue weighted by molar-refractivity contribution is -0.118. The predicted octanol–water partition coefficient (Wildman–Crippen LogP) is 1.46. The standard InChI is InChI=1S/C23H24F2N6O3/c24-14-1-3-18-19(9-14)31(22(33)11-27-18)8-7-30-6-5-17(16(25)12-30)26-10-15-2-4-20-23(28-15)29-21(32)13-34-20/h1-4,9,11,16-17,26H,5-8,10,12-13H2,(H,28,29,32). The van der Waals surface area contributed by atoms with E-state index in [0.717, 1.165) is 0 Å². The third-order valence-electron chi connectivity index (χ3n) is 6.15. The van der Waals surface area contributed by atoms with E-state index in [1.165, 1.54) is 29.0 Å². The number of alkyl halides is 1. The van der Waals surface area contributed by atoms with Gasteiger partial charge in [-0.05, 0) is 43.3 Å². The molecule has 5 rings (SSSR count). The first-order chi connectivity index (χ1) is 16.5. The minimum atomic E-state index is -1.10. The van der Waals surface area contributed by atoms with Gasteiger partial charge >= 0.3 is 0 Å². The average Bonchev–Trinajstić information content (AvgIpc) is 2.82. The van der Waals surface area contributed by atoms with E-state index in [-0.39, 0.29) is 30.7 Å². The van der Waals surface area contributed by atoms with Gasteiger partial charge in [-0.1, -0.05) is 0 Å². The number of aromatic nitrogens is 3. The highest BCUT2D eigenvalue weighted by atomic mass is 19.1. The number of amides is 1. The maximum absolute atomic E-state index is 14.9. The van der Waals surface area contributed by atoms with E-state index < -0.39 is 12.0 Å². The summed E-state index contributed by atoms with van der Waals surface area (Å²) in [5, 5.41) is 5.88. The second-order valence-corrected chi connectivity index (χ2v) is 8.46. The third kappa shape index (κ3) is 4.75. The Hall–Kier alpha value is -3.44. The summed E-state index contributed by atoms with van der Waals surface area (Å²) in [6, 6.07) is 7.33. The number of carbonyl (C=O) groups excluding carboxylic acids is 1. The predicted molar refractivity (Wildman–Crippen MR) is 121 cm³/mol. The van der Waals surface area contributed by atoms with Crippen molar-refractivity contribution in [2.75, 3.05) is 31.6 Å². The molecule has 2 N–H and O–H groups in total.